The van der Waals surface area contributed by atoms with E-state index in [0.29, 0.717) is 25.6 Å². The first-order valence-corrected chi connectivity index (χ1v) is 8.78. The second-order valence-corrected chi connectivity index (χ2v) is 7.69. The van der Waals surface area contributed by atoms with Crippen LogP contribution in [0.3, 0.4) is 0 Å². The molecule has 0 atom stereocenters. The molecule has 1 aromatic rings. The number of carbonyl (C=O) groups excluding carboxylic acids is 1. The summed E-state index contributed by atoms with van der Waals surface area (Å²) >= 11 is 0. The van der Waals surface area contributed by atoms with E-state index in [-0.39, 0.29) is 5.82 Å². The second kappa shape index (κ2) is 9.40. The highest BCUT2D eigenvalue weighted by atomic mass is 19.1. The Labute approximate surface area is 155 Å². The molecule has 0 unspecified atom stereocenters. The quantitative estimate of drug-likeness (QED) is 0.534. The Balaban J connectivity index is 2.63. The standard InChI is InChI=1S/C19H31FN4O2/c1-7-21-16(22-12-14-9-8-10-15(20)11-14)23-13-19(5,6)24-17(25)26-18(2,3)4/h8-11H,7,12-13H2,1-6H3,(H,24,25)(H2,21,22,23). The van der Waals surface area contributed by atoms with Crippen molar-refractivity contribution in [3.05, 3.63) is 35.6 Å². The fourth-order valence-electron chi connectivity index (χ4n) is 2.08. The first-order chi connectivity index (χ1) is 12.0. The van der Waals surface area contributed by atoms with Gasteiger partial charge in [0.1, 0.15) is 11.4 Å². The van der Waals surface area contributed by atoms with Gasteiger partial charge in [0.05, 0.1) is 12.1 Å². The Morgan fingerprint density at radius 2 is 1.88 bits per heavy atom. The van der Waals surface area contributed by atoms with E-state index < -0.39 is 17.2 Å². The van der Waals surface area contributed by atoms with Crippen LogP contribution in [-0.4, -0.2) is 36.3 Å². The van der Waals surface area contributed by atoms with Gasteiger partial charge in [0.25, 0.3) is 0 Å². The third-order valence-electron chi connectivity index (χ3n) is 3.19. The number of hydrogen-bond donors (Lipinski definition) is 3. The maximum atomic E-state index is 13.3. The molecule has 1 amide bonds. The van der Waals surface area contributed by atoms with Gasteiger partial charge < -0.3 is 20.7 Å². The van der Waals surface area contributed by atoms with Crippen LogP contribution < -0.4 is 16.0 Å². The van der Waals surface area contributed by atoms with Crippen LogP contribution in [0.4, 0.5) is 9.18 Å². The summed E-state index contributed by atoms with van der Waals surface area (Å²) < 4.78 is 18.5. The number of alkyl carbamates (subject to hydrolysis) is 1. The summed E-state index contributed by atoms with van der Waals surface area (Å²) in [5.41, 5.74) is -0.305. The van der Waals surface area contributed by atoms with Crippen molar-refractivity contribution in [1.29, 1.82) is 0 Å². The molecule has 1 aromatic carbocycles. The smallest absolute Gasteiger partial charge is 0.408 e. The number of amides is 1. The minimum absolute atomic E-state index is 0.279. The number of hydrogen-bond acceptors (Lipinski definition) is 3. The maximum Gasteiger partial charge on any atom is 0.408 e. The summed E-state index contributed by atoms with van der Waals surface area (Å²) in [6.45, 7) is 12.7. The van der Waals surface area contributed by atoms with E-state index in [1.54, 1.807) is 6.07 Å². The second-order valence-electron chi connectivity index (χ2n) is 7.69. The summed E-state index contributed by atoms with van der Waals surface area (Å²) in [4.78, 5) is 16.4. The predicted molar refractivity (Wildman–Crippen MR) is 103 cm³/mol. The molecule has 0 radical (unpaired) electrons. The number of aliphatic imine (C=N–C) groups is 1. The highest BCUT2D eigenvalue weighted by Gasteiger charge is 2.24. The number of carbonyl (C=O) groups is 1. The molecule has 0 heterocycles. The number of nitrogens with one attached hydrogen (secondary N) is 3. The van der Waals surface area contributed by atoms with Crippen molar-refractivity contribution in [3.8, 4) is 0 Å². The molecule has 0 aliphatic carbocycles. The van der Waals surface area contributed by atoms with Crippen LogP contribution in [0.1, 0.15) is 47.1 Å². The summed E-state index contributed by atoms with van der Waals surface area (Å²) in [7, 11) is 0. The Hall–Kier alpha value is -2.31. The third kappa shape index (κ3) is 9.25. The van der Waals surface area contributed by atoms with Crippen molar-refractivity contribution in [2.45, 2.75) is 59.2 Å². The van der Waals surface area contributed by atoms with Gasteiger partial charge in [-0.25, -0.2) is 14.2 Å². The molecule has 146 valence electrons. The maximum absolute atomic E-state index is 13.3. The van der Waals surface area contributed by atoms with Crippen LogP contribution in [0.2, 0.25) is 0 Å². The lowest BCUT2D eigenvalue weighted by molar-refractivity contribution is 0.0474. The number of benzene rings is 1. The molecule has 0 saturated heterocycles. The fourth-order valence-corrected chi connectivity index (χ4v) is 2.08. The first kappa shape index (κ1) is 21.7. The van der Waals surface area contributed by atoms with E-state index in [0.717, 1.165) is 5.56 Å². The Bertz CT molecular complexity index is 624. The van der Waals surface area contributed by atoms with Gasteiger partial charge in [-0.1, -0.05) is 12.1 Å². The van der Waals surface area contributed by atoms with Gasteiger partial charge in [-0.05, 0) is 59.2 Å². The van der Waals surface area contributed by atoms with Gasteiger partial charge >= 0.3 is 6.09 Å². The van der Waals surface area contributed by atoms with Crippen LogP contribution >= 0.6 is 0 Å². The van der Waals surface area contributed by atoms with E-state index >= 15 is 0 Å². The monoisotopic (exact) mass is 366 g/mol. The van der Waals surface area contributed by atoms with Crippen LogP contribution in [0, 0.1) is 5.82 Å². The Morgan fingerprint density at radius 3 is 2.46 bits per heavy atom. The van der Waals surface area contributed by atoms with E-state index in [1.165, 1.54) is 12.1 Å². The number of nitrogens with zero attached hydrogens (tertiary/aromatic N) is 1. The van der Waals surface area contributed by atoms with Crippen LogP contribution in [0.5, 0.6) is 0 Å². The normalized spacial score (nSPS) is 12.5. The summed E-state index contributed by atoms with van der Waals surface area (Å²) in [6.07, 6.45) is -0.467. The lowest BCUT2D eigenvalue weighted by atomic mass is 10.1. The van der Waals surface area contributed by atoms with Crippen LogP contribution in [0.25, 0.3) is 0 Å². The highest BCUT2D eigenvalue weighted by Crippen LogP contribution is 2.09. The summed E-state index contributed by atoms with van der Waals surface area (Å²) in [5.74, 6) is 0.314. The van der Waals surface area contributed by atoms with Gasteiger partial charge in [-0.15, -0.1) is 0 Å². The number of rotatable bonds is 6. The minimum atomic E-state index is -0.547. The molecule has 0 fully saturated rings. The average Bonchev–Trinajstić information content (AvgIpc) is 2.47. The van der Waals surface area contributed by atoms with E-state index in [1.807, 2.05) is 47.6 Å². The molecule has 3 N–H and O–H groups in total. The Kier molecular flexibility index (Phi) is 7.86. The minimum Gasteiger partial charge on any atom is -0.444 e. The van der Waals surface area contributed by atoms with Crippen LogP contribution in [0.15, 0.2) is 29.3 Å². The number of guanidine groups is 1. The predicted octanol–water partition coefficient (Wildman–Crippen LogP) is 3.18. The van der Waals surface area contributed by atoms with Gasteiger partial charge in [0, 0.05) is 13.1 Å². The zero-order valence-corrected chi connectivity index (χ0v) is 16.6. The molecule has 0 aromatic heterocycles. The molecule has 0 spiro atoms. The molecule has 7 heteroatoms. The van der Waals surface area contributed by atoms with Gasteiger partial charge in [0.2, 0.25) is 0 Å². The van der Waals surface area contributed by atoms with Gasteiger partial charge in [-0.2, -0.15) is 0 Å². The zero-order valence-electron chi connectivity index (χ0n) is 16.6. The molecular weight excluding hydrogens is 335 g/mol. The van der Waals surface area contributed by atoms with E-state index in [4.69, 9.17) is 4.74 Å². The fraction of sp³-hybridized carbons (Fsp3) is 0.579. The third-order valence-corrected chi connectivity index (χ3v) is 3.19. The topological polar surface area (TPSA) is 74.8 Å². The van der Waals surface area contributed by atoms with E-state index in [2.05, 4.69) is 20.9 Å². The number of ether oxygens (including phenoxy) is 1. The molecule has 0 bridgehead atoms. The summed E-state index contributed by atoms with van der Waals surface area (Å²) in [5, 5.41) is 9.16. The van der Waals surface area contributed by atoms with Crippen molar-refractivity contribution in [2.24, 2.45) is 4.99 Å². The van der Waals surface area contributed by atoms with Crippen molar-refractivity contribution >= 4 is 12.1 Å². The van der Waals surface area contributed by atoms with Crippen molar-refractivity contribution in [1.82, 2.24) is 16.0 Å². The molecule has 6 nitrogen and oxygen atoms in total. The molecule has 0 aliphatic rings. The molecule has 0 aliphatic heterocycles. The molecular formula is C19H31FN4O2. The van der Waals surface area contributed by atoms with Crippen molar-refractivity contribution in [2.75, 3.05) is 13.1 Å². The van der Waals surface area contributed by atoms with Crippen molar-refractivity contribution in [3.63, 3.8) is 0 Å². The molecule has 26 heavy (non-hydrogen) atoms. The lowest BCUT2D eigenvalue weighted by Gasteiger charge is -2.29. The van der Waals surface area contributed by atoms with Crippen molar-refractivity contribution < 1.29 is 13.9 Å². The van der Waals surface area contributed by atoms with Gasteiger partial charge in [-0.3, -0.25) is 0 Å². The highest BCUT2D eigenvalue weighted by molar-refractivity contribution is 5.80. The van der Waals surface area contributed by atoms with E-state index in [9.17, 15) is 9.18 Å². The van der Waals surface area contributed by atoms with Gasteiger partial charge in [0.15, 0.2) is 5.96 Å². The Morgan fingerprint density at radius 1 is 1.19 bits per heavy atom. The SMILES string of the molecule is CCNC(=NCc1cccc(F)c1)NCC(C)(C)NC(=O)OC(C)(C)C. The zero-order chi connectivity index (χ0) is 19.8. The molecule has 1 rings (SSSR count). The largest absolute Gasteiger partial charge is 0.444 e. The summed E-state index contributed by atoms with van der Waals surface area (Å²) in [6, 6.07) is 6.35. The first-order valence-electron chi connectivity index (χ1n) is 8.78. The van der Waals surface area contributed by atoms with Crippen LogP contribution in [-0.2, 0) is 11.3 Å². The lowest BCUT2D eigenvalue weighted by Crippen LogP contribution is -2.54. The number of halogens is 1. The average molecular weight is 366 g/mol. The molecule has 0 saturated carbocycles.